The molecule has 1 rings (SSSR count). The molecule has 6 heteroatoms. The maximum absolute atomic E-state index is 14.0. The zero-order valence-corrected chi connectivity index (χ0v) is 17.6. The molecule has 0 aliphatic carbocycles. The summed E-state index contributed by atoms with van der Waals surface area (Å²) in [6.45, 7) is 16.5. The molecule has 1 N–H and O–H groups in total. The Morgan fingerprint density at radius 1 is 1.17 bits per heavy atom. The van der Waals surface area contributed by atoms with Crippen LogP contribution in [0.5, 0.6) is 11.5 Å². The summed E-state index contributed by atoms with van der Waals surface area (Å²) in [4.78, 5) is 0. The standard InChI is InChI=1S/C20H25F3O3.C3H6/c1-12(11-26-18-9-8-17(24)19(22)20(18)23)6-7-13(2)15(4)16(21)10-14(3)25-5;1-3-2/h8-10,12-13,24H,3-4,6-7,11H2,1-2,5H3;3H,1H2,2H3/b16-10+;. The number of methoxy groups -OCH3 is 1. The normalized spacial score (nSPS) is 12.9. The average Bonchev–Trinajstić information content (AvgIpc) is 2.69. The molecule has 0 aromatic heterocycles. The molecule has 2 unspecified atom stereocenters. The van der Waals surface area contributed by atoms with E-state index < -0.39 is 23.2 Å². The minimum atomic E-state index is -1.33. The summed E-state index contributed by atoms with van der Waals surface area (Å²) in [6.07, 6.45) is 4.27. The van der Waals surface area contributed by atoms with Gasteiger partial charge in [-0.3, -0.25) is 0 Å². The highest BCUT2D eigenvalue weighted by molar-refractivity contribution is 5.34. The van der Waals surface area contributed by atoms with E-state index in [0.29, 0.717) is 18.4 Å². The van der Waals surface area contributed by atoms with Crippen LogP contribution in [0.15, 0.2) is 61.2 Å². The van der Waals surface area contributed by atoms with Crippen LogP contribution in [-0.2, 0) is 4.74 Å². The van der Waals surface area contributed by atoms with E-state index in [0.717, 1.165) is 6.07 Å². The van der Waals surface area contributed by atoms with Crippen molar-refractivity contribution >= 4 is 0 Å². The number of allylic oxidation sites excluding steroid dienone is 4. The fraction of sp³-hybridized carbons (Fsp3) is 0.391. The summed E-state index contributed by atoms with van der Waals surface area (Å²) < 4.78 is 51.0. The summed E-state index contributed by atoms with van der Waals surface area (Å²) in [5, 5.41) is 9.09. The maximum Gasteiger partial charge on any atom is 0.204 e. The second-order valence-corrected chi connectivity index (χ2v) is 6.70. The van der Waals surface area contributed by atoms with Gasteiger partial charge in [0, 0.05) is 6.08 Å². The van der Waals surface area contributed by atoms with Gasteiger partial charge in [-0.15, -0.1) is 6.58 Å². The molecule has 0 saturated heterocycles. The second-order valence-electron chi connectivity index (χ2n) is 6.70. The zero-order chi connectivity index (χ0) is 22.6. The molecule has 0 aliphatic heterocycles. The van der Waals surface area contributed by atoms with E-state index in [1.54, 1.807) is 6.08 Å². The van der Waals surface area contributed by atoms with Crippen molar-refractivity contribution in [3.05, 3.63) is 72.8 Å². The fourth-order valence-corrected chi connectivity index (χ4v) is 2.19. The van der Waals surface area contributed by atoms with Crippen LogP contribution in [0.1, 0.15) is 33.6 Å². The molecule has 1 aromatic rings. The quantitative estimate of drug-likeness (QED) is 0.259. The first-order valence-corrected chi connectivity index (χ1v) is 9.24. The Kier molecular flexibility index (Phi) is 12.3. The molecule has 29 heavy (non-hydrogen) atoms. The van der Waals surface area contributed by atoms with Gasteiger partial charge in [0.1, 0.15) is 11.6 Å². The van der Waals surface area contributed by atoms with Crippen molar-refractivity contribution in [1.29, 1.82) is 0 Å². The van der Waals surface area contributed by atoms with Crippen LogP contribution >= 0.6 is 0 Å². The summed E-state index contributed by atoms with van der Waals surface area (Å²) in [5.41, 5.74) is 0.350. The van der Waals surface area contributed by atoms with Crippen LogP contribution in [0.4, 0.5) is 13.2 Å². The molecule has 0 amide bonds. The van der Waals surface area contributed by atoms with Gasteiger partial charge in [0.25, 0.3) is 0 Å². The Balaban J connectivity index is 0.00000245. The summed E-state index contributed by atoms with van der Waals surface area (Å²) in [5.74, 6) is -3.91. The molecular weight excluding hydrogens is 381 g/mol. The lowest BCUT2D eigenvalue weighted by Crippen LogP contribution is -2.12. The first-order valence-electron chi connectivity index (χ1n) is 9.24. The van der Waals surface area contributed by atoms with Gasteiger partial charge in [-0.25, -0.2) is 4.39 Å². The maximum atomic E-state index is 14.0. The molecule has 2 atom stereocenters. The number of phenolic OH excluding ortho intramolecular Hbond substituents is 1. The van der Waals surface area contributed by atoms with E-state index in [-0.39, 0.29) is 30.0 Å². The van der Waals surface area contributed by atoms with Gasteiger partial charge in [0.15, 0.2) is 11.5 Å². The fourth-order valence-electron chi connectivity index (χ4n) is 2.19. The van der Waals surface area contributed by atoms with Crippen LogP contribution in [0, 0.1) is 23.5 Å². The van der Waals surface area contributed by atoms with Crippen molar-refractivity contribution in [1.82, 2.24) is 0 Å². The van der Waals surface area contributed by atoms with E-state index in [9.17, 15) is 13.2 Å². The summed E-state index contributed by atoms with van der Waals surface area (Å²) in [7, 11) is 1.41. The Labute approximate surface area is 171 Å². The number of phenols is 1. The molecule has 0 spiro atoms. The van der Waals surface area contributed by atoms with E-state index in [4.69, 9.17) is 14.6 Å². The molecule has 1 aromatic carbocycles. The SMILES string of the molecule is C=C(/C=C(/F)C(=C)C(C)CCC(C)COc1ccc(O)c(F)c1F)OC.C=CC. The van der Waals surface area contributed by atoms with E-state index in [1.165, 1.54) is 19.3 Å². The van der Waals surface area contributed by atoms with Crippen molar-refractivity contribution < 1.29 is 27.8 Å². The predicted molar refractivity (Wildman–Crippen MR) is 111 cm³/mol. The van der Waals surface area contributed by atoms with E-state index in [2.05, 4.69) is 19.7 Å². The number of ether oxygens (including phenoxy) is 2. The Morgan fingerprint density at radius 3 is 2.31 bits per heavy atom. The summed E-state index contributed by atoms with van der Waals surface area (Å²) >= 11 is 0. The first-order chi connectivity index (χ1) is 13.6. The van der Waals surface area contributed by atoms with Gasteiger partial charge >= 0.3 is 0 Å². The Bertz CT molecular complexity index is 726. The van der Waals surface area contributed by atoms with Crippen molar-refractivity contribution in [2.24, 2.45) is 11.8 Å². The van der Waals surface area contributed by atoms with Crippen LogP contribution < -0.4 is 4.74 Å². The number of benzene rings is 1. The minimum absolute atomic E-state index is 0.0301. The van der Waals surface area contributed by atoms with Gasteiger partial charge in [0.05, 0.1) is 13.7 Å². The van der Waals surface area contributed by atoms with Gasteiger partial charge < -0.3 is 14.6 Å². The lowest BCUT2D eigenvalue weighted by Gasteiger charge is -2.18. The molecular formula is C23H31F3O3. The van der Waals surface area contributed by atoms with E-state index >= 15 is 0 Å². The van der Waals surface area contributed by atoms with Gasteiger partial charge in [0.2, 0.25) is 11.6 Å². The molecule has 0 fully saturated rings. The monoisotopic (exact) mass is 412 g/mol. The molecule has 3 nitrogen and oxygen atoms in total. The number of hydrogen-bond acceptors (Lipinski definition) is 3. The largest absolute Gasteiger partial charge is 0.505 e. The number of rotatable bonds is 10. The zero-order valence-electron chi connectivity index (χ0n) is 17.6. The lowest BCUT2D eigenvalue weighted by molar-refractivity contribution is 0.232. The van der Waals surface area contributed by atoms with Crippen molar-refractivity contribution in [2.45, 2.75) is 33.6 Å². The molecule has 0 saturated carbocycles. The van der Waals surface area contributed by atoms with Crippen molar-refractivity contribution in [3.8, 4) is 11.5 Å². The highest BCUT2D eigenvalue weighted by Gasteiger charge is 2.16. The Hall–Kier alpha value is -2.63. The van der Waals surface area contributed by atoms with Gasteiger partial charge in [-0.05, 0) is 49.3 Å². The van der Waals surface area contributed by atoms with Gasteiger partial charge in [-0.2, -0.15) is 8.78 Å². The second kappa shape index (κ2) is 13.5. The minimum Gasteiger partial charge on any atom is -0.505 e. The third-order valence-corrected chi connectivity index (χ3v) is 4.09. The number of halogens is 3. The third kappa shape index (κ3) is 9.41. The van der Waals surface area contributed by atoms with E-state index in [1.807, 2.05) is 20.8 Å². The molecule has 0 radical (unpaired) electrons. The average molecular weight is 412 g/mol. The van der Waals surface area contributed by atoms with Crippen LogP contribution in [0.3, 0.4) is 0 Å². The lowest BCUT2D eigenvalue weighted by atomic mass is 9.92. The van der Waals surface area contributed by atoms with Crippen LogP contribution in [-0.4, -0.2) is 18.8 Å². The Morgan fingerprint density at radius 2 is 1.76 bits per heavy atom. The summed E-state index contributed by atoms with van der Waals surface area (Å²) in [6, 6.07) is 2.21. The smallest absolute Gasteiger partial charge is 0.204 e. The molecule has 0 heterocycles. The third-order valence-electron chi connectivity index (χ3n) is 4.09. The van der Waals surface area contributed by atoms with Crippen LogP contribution in [0.2, 0.25) is 0 Å². The van der Waals surface area contributed by atoms with Crippen molar-refractivity contribution in [3.63, 3.8) is 0 Å². The first kappa shape index (κ1) is 26.4. The topological polar surface area (TPSA) is 38.7 Å². The molecule has 0 bridgehead atoms. The number of aromatic hydroxyl groups is 1. The molecule has 0 aliphatic rings. The molecule has 162 valence electrons. The van der Waals surface area contributed by atoms with Gasteiger partial charge in [-0.1, -0.05) is 33.1 Å². The predicted octanol–water partition coefficient (Wildman–Crippen LogP) is 6.86. The number of hydrogen-bond donors (Lipinski definition) is 1. The highest BCUT2D eigenvalue weighted by Crippen LogP contribution is 2.28. The highest BCUT2D eigenvalue weighted by atomic mass is 19.2. The van der Waals surface area contributed by atoms with Crippen LogP contribution in [0.25, 0.3) is 0 Å². The van der Waals surface area contributed by atoms with Crippen molar-refractivity contribution in [2.75, 3.05) is 13.7 Å².